The van der Waals surface area contributed by atoms with Gasteiger partial charge in [0, 0.05) is 30.5 Å². The summed E-state index contributed by atoms with van der Waals surface area (Å²) in [5.41, 5.74) is 2.42. The largest absolute Gasteiger partial charge is 0.356 e. The van der Waals surface area contributed by atoms with Gasteiger partial charge in [-0.2, -0.15) is 4.37 Å². The molecule has 72 valence electrons. The average Bonchev–Trinajstić information content (AvgIpc) is 2.69. The van der Waals surface area contributed by atoms with Crippen LogP contribution in [0.1, 0.15) is 11.1 Å². The van der Waals surface area contributed by atoms with Crippen molar-refractivity contribution in [3.63, 3.8) is 0 Å². The van der Waals surface area contributed by atoms with Gasteiger partial charge in [0.05, 0.1) is 0 Å². The number of rotatable bonds is 3. The van der Waals surface area contributed by atoms with Crippen LogP contribution < -0.4 is 5.32 Å². The summed E-state index contributed by atoms with van der Waals surface area (Å²) in [5, 5.41) is 4.05. The Balaban J connectivity index is 2.02. The molecule has 0 amide bonds. The van der Waals surface area contributed by atoms with Crippen molar-refractivity contribution in [1.82, 2.24) is 14.3 Å². The van der Waals surface area contributed by atoms with E-state index < -0.39 is 0 Å². The minimum Gasteiger partial charge on any atom is -0.356 e. The van der Waals surface area contributed by atoms with E-state index in [1.165, 1.54) is 22.7 Å². The molecule has 0 spiro atoms. The van der Waals surface area contributed by atoms with Gasteiger partial charge in [-0.05, 0) is 24.1 Å². The van der Waals surface area contributed by atoms with E-state index in [0.29, 0.717) is 0 Å². The molecular weight excluding hydrogens is 196 g/mol. The summed E-state index contributed by atoms with van der Waals surface area (Å²) in [6, 6.07) is 2.00. The first kappa shape index (κ1) is 9.08. The van der Waals surface area contributed by atoms with Gasteiger partial charge in [-0.25, -0.2) is 4.98 Å². The summed E-state index contributed by atoms with van der Waals surface area (Å²) in [7, 11) is 0. The van der Waals surface area contributed by atoms with E-state index in [4.69, 9.17) is 0 Å². The molecule has 1 N–H and O–H groups in total. The lowest BCUT2D eigenvalue weighted by Gasteiger charge is -2.04. The molecule has 2 aromatic rings. The maximum Gasteiger partial charge on any atom is 0.202 e. The highest BCUT2D eigenvalue weighted by Crippen LogP contribution is 2.11. The highest BCUT2D eigenvalue weighted by Gasteiger charge is 1.98. The van der Waals surface area contributed by atoms with Gasteiger partial charge >= 0.3 is 0 Å². The summed E-state index contributed by atoms with van der Waals surface area (Å²) in [5.74, 6) is 0. The molecule has 4 nitrogen and oxygen atoms in total. The van der Waals surface area contributed by atoms with Crippen LogP contribution in [0.15, 0.2) is 24.8 Å². The molecule has 14 heavy (non-hydrogen) atoms. The Morgan fingerprint density at radius 1 is 1.50 bits per heavy atom. The van der Waals surface area contributed by atoms with Crippen molar-refractivity contribution < 1.29 is 0 Å². The van der Waals surface area contributed by atoms with Gasteiger partial charge in [0.2, 0.25) is 5.13 Å². The van der Waals surface area contributed by atoms with Crippen LogP contribution >= 0.6 is 11.5 Å². The zero-order chi connectivity index (χ0) is 9.80. The molecule has 2 heterocycles. The zero-order valence-corrected chi connectivity index (χ0v) is 8.58. The molecule has 0 unspecified atom stereocenters. The SMILES string of the molecule is Cc1cnccc1CNc1ncns1. The number of hydrogen-bond donors (Lipinski definition) is 1. The second kappa shape index (κ2) is 4.15. The summed E-state index contributed by atoms with van der Waals surface area (Å²) >= 11 is 1.36. The average molecular weight is 206 g/mol. The number of aromatic nitrogens is 3. The molecule has 0 radical (unpaired) electrons. The van der Waals surface area contributed by atoms with E-state index in [0.717, 1.165) is 11.7 Å². The molecule has 0 aliphatic rings. The highest BCUT2D eigenvalue weighted by atomic mass is 32.1. The van der Waals surface area contributed by atoms with Gasteiger partial charge in [0.1, 0.15) is 6.33 Å². The number of hydrogen-bond acceptors (Lipinski definition) is 5. The lowest BCUT2D eigenvalue weighted by atomic mass is 10.2. The Morgan fingerprint density at radius 2 is 2.43 bits per heavy atom. The van der Waals surface area contributed by atoms with Gasteiger partial charge in [-0.15, -0.1) is 0 Å². The minimum atomic E-state index is 0.767. The fourth-order valence-electron chi connectivity index (χ4n) is 1.12. The lowest BCUT2D eigenvalue weighted by molar-refractivity contribution is 1.08. The maximum atomic E-state index is 4.04. The molecule has 0 aliphatic heterocycles. The van der Waals surface area contributed by atoms with Crippen LogP contribution in [0, 0.1) is 6.92 Å². The number of nitrogens with zero attached hydrogens (tertiary/aromatic N) is 3. The standard InChI is InChI=1S/C9H10N4S/c1-7-4-10-3-2-8(7)5-11-9-12-6-13-14-9/h2-4,6H,5H2,1H3,(H,11,12,13). The van der Waals surface area contributed by atoms with E-state index in [1.807, 2.05) is 19.2 Å². The first-order valence-corrected chi connectivity index (χ1v) is 5.03. The smallest absolute Gasteiger partial charge is 0.202 e. The van der Waals surface area contributed by atoms with Crippen molar-refractivity contribution >= 4 is 16.7 Å². The predicted octanol–water partition coefficient (Wildman–Crippen LogP) is 1.85. The van der Waals surface area contributed by atoms with Gasteiger partial charge in [0.15, 0.2) is 0 Å². The third-order valence-electron chi connectivity index (χ3n) is 1.93. The number of anilines is 1. The lowest BCUT2D eigenvalue weighted by Crippen LogP contribution is -2.00. The molecule has 0 fully saturated rings. The van der Waals surface area contributed by atoms with Gasteiger partial charge < -0.3 is 5.32 Å². The highest BCUT2D eigenvalue weighted by molar-refractivity contribution is 7.09. The van der Waals surface area contributed by atoms with Gasteiger partial charge in [-0.1, -0.05) is 0 Å². The molecule has 0 bridgehead atoms. The van der Waals surface area contributed by atoms with Crippen LogP contribution in [0.5, 0.6) is 0 Å². The van der Waals surface area contributed by atoms with E-state index >= 15 is 0 Å². The third-order valence-corrected chi connectivity index (χ3v) is 2.55. The van der Waals surface area contributed by atoms with E-state index in [9.17, 15) is 0 Å². The molecule has 2 rings (SSSR count). The van der Waals surface area contributed by atoms with Crippen LogP contribution in [0.25, 0.3) is 0 Å². The zero-order valence-electron chi connectivity index (χ0n) is 7.77. The summed E-state index contributed by atoms with van der Waals surface area (Å²) in [6.45, 7) is 2.81. The first-order chi connectivity index (χ1) is 6.86. The molecule has 0 saturated heterocycles. The summed E-state index contributed by atoms with van der Waals surface area (Å²) < 4.78 is 3.91. The van der Waals surface area contributed by atoms with Gasteiger partial charge in [0.25, 0.3) is 0 Å². The number of pyridine rings is 1. The molecular formula is C9H10N4S. The molecule has 5 heteroatoms. The molecule has 0 saturated carbocycles. The Kier molecular flexibility index (Phi) is 2.69. The van der Waals surface area contributed by atoms with E-state index in [1.54, 1.807) is 12.5 Å². The maximum absolute atomic E-state index is 4.04. The van der Waals surface area contributed by atoms with Crippen LogP contribution in [0.3, 0.4) is 0 Å². The van der Waals surface area contributed by atoms with Crippen LogP contribution in [0.2, 0.25) is 0 Å². The van der Waals surface area contributed by atoms with Crippen molar-refractivity contribution in [2.45, 2.75) is 13.5 Å². The molecule has 0 atom stereocenters. The molecule has 2 aromatic heterocycles. The topological polar surface area (TPSA) is 50.7 Å². The van der Waals surface area contributed by atoms with Crippen LogP contribution in [-0.4, -0.2) is 14.3 Å². The fourth-order valence-corrected chi connectivity index (χ4v) is 1.55. The van der Waals surface area contributed by atoms with Crippen molar-refractivity contribution in [1.29, 1.82) is 0 Å². The minimum absolute atomic E-state index is 0.767. The summed E-state index contributed by atoms with van der Waals surface area (Å²) in [6.07, 6.45) is 5.20. The monoisotopic (exact) mass is 206 g/mol. The Hall–Kier alpha value is -1.49. The normalized spacial score (nSPS) is 10.1. The third kappa shape index (κ3) is 2.05. The van der Waals surface area contributed by atoms with Crippen molar-refractivity contribution in [2.75, 3.05) is 5.32 Å². The fraction of sp³-hybridized carbons (Fsp3) is 0.222. The van der Waals surface area contributed by atoms with E-state index in [-0.39, 0.29) is 0 Å². The van der Waals surface area contributed by atoms with Crippen LogP contribution in [0.4, 0.5) is 5.13 Å². The van der Waals surface area contributed by atoms with Crippen LogP contribution in [-0.2, 0) is 6.54 Å². The molecule has 0 aromatic carbocycles. The second-order valence-electron chi connectivity index (χ2n) is 2.90. The summed E-state index contributed by atoms with van der Waals surface area (Å²) in [4.78, 5) is 8.08. The first-order valence-electron chi connectivity index (χ1n) is 4.26. The second-order valence-corrected chi connectivity index (χ2v) is 3.68. The molecule has 0 aliphatic carbocycles. The van der Waals surface area contributed by atoms with E-state index in [2.05, 4.69) is 19.7 Å². The quantitative estimate of drug-likeness (QED) is 0.832. The van der Waals surface area contributed by atoms with Gasteiger partial charge in [-0.3, -0.25) is 4.98 Å². The van der Waals surface area contributed by atoms with Crippen molar-refractivity contribution in [3.8, 4) is 0 Å². The Morgan fingerprint density at radius 3 is 3.14 bits per heavy atom. The van der Waals surface area contributed by atoms with Crippen molar-refractivity contribution in [3.05, 3.63) is 35.9 Å². The number of nitrogens with one attached hydrogen (secondary N) is 1. The van der Waals surface area contributed by atoms with Crippen molar-refractivity contribution in [2.24, 2.45) is 0 Å². The Labute approximate surface area is 86.2 Å². The predicted molar refractivity (Wildman–Crippen MR) is 56.2 cm³/mol. The number of aryl methyl sites for hydroxylation is 1. The Bertz CT molecular complexity index is 399.